The number of rotatable bonds is 19. The molecule has 0 amide bonds. The lowest BCUT2D eigenvalue weighted by Crippen LogP contribution is -2.31. The summed E-state index contributed by atoms with van der Waals surface area (Å²) in [6, 6.07) is 0. The lowest BCUT2D eigenvalue weighted by molar-refractivity contribution is -0.176. The van der Waals surface area contributed by atoms with Gasteiger partial charge in [0.15, 0.2) is 6.10 Å². The summed E-state index contributed by atoms with van der Waals surface area (Å²) in [7, 11) is 0. The van der Waals surface area contributed by atoms with E-state index in [1.54, 1.807) is 0 Å². The molecule has 0 saturated carbocycles. The Morgan fingerprint density at radius 3 is 1.47 bits per heavy atom. The number of carbonyl (C=O) groups is 3. The summed E-state index contributed by atoms with van der Waals surface area (Å²) in [4.78, 5) is 34.6. The van der Waals surface area contributed by atoms with E-state index in [0.717, 1.165) is 12.8 Å². The summed E-state index contributed by atoms with van der Waals surface area (Å²) < 4.78 is 9.37. The Balaban J connectivity index is 3.46. The number of hydrogen-bond donors (Lipinski definition) is 1. The molecule has 0 aliphatic carbocycles. The van der Waals surface area contributed by atoms with Crippen LogP contribution >= 0.6 is 0 Å². The first-order valence-electron chi connectivity index (χ1n) is 12.0. The third-order valence-electron chi connectivity index (χ3n) is 5.16. The van der Waals surface area contributed by atoms with Gasteiger partial charge in [0.1, 0.15) is 6.10 Å². The van der Waals surface area contributed by atoms with Gasteiger partial charge < -0.3 is 14.6 Å². The Kier molecular flexibility index (Phi) is 18.6. The Morgan fingerprint density at radius 1 is 0.667 bits per heavy atom. The van der Waals surface area contributed by atoms with Gasteiger partial charge in [-0.3, -0.25) is 4.79 Å². The molecule has 176 valence electrons. The average Bonchev–Trinajstić information content (AvgIpc) is 2.70. The van der Waals surface area contributed by atoms with Gasteiger partial charge in [-0.15, -0.1) is 0 Å². The minimum Gasteiger partial charge on any atom is -0.449 e. The summed E-state index contributed by atoms with van der Waals surface area (Å²) in [5.41, 5.74) is 0. The Morgan fingerprint density at radius 2 is 1.07 bits per heavy atom. The molecule has 6 heteroatoms. The Labute approximate surface area is 183 Å². The lowest BCUT2D eigenvalue weighted by Gasteiger charge is -2.12. The first kappa shape index (κ1) is 28.6. The second-order valence-electron chi connectivity index (χ2n) is 8.25. The van der Waals surface area contributed by atoms with Crippen LogP contribution in [0.4, 0.5) is 0 Å². The van der Waals surface area contributed by atoms with Gasteiger partial charge in [-0.05, 0) is 20.3 Å². The zero-order valence-electron chi connectivity index (χ0n) is 19.5. The Bertz CT molecular complexity index is 461. The number of carbonyl (C=O) groups excluding carboxylic acids is 3. The van der Waals surface area contributed by atoms with Crippen molar-refractivity contribution >= 4 is 17.9 Å². The van der Waals surface area contributed by atoms with Gasteiger partial charge in [0, 0.05) is 6.42 Å². The molecule has 0 fully saturated rings. The molecule has 2 atom stereocenters. The molecule has 0 spiro atoms. The van der Waals surface area contributed by atoms with Crippen LogP contribution in [0.3, 0.4) is 0 Å². The molecule has 0 aromatic heterocycles. The second-order valence-corrected chi connectivity index (χ2v) is 8.25. The molecule has 0 aromatic carbocycles. The maximum absolute atomic E-state index is 11.7. The van der Waals surface area contributed by atoms with Crippen molar-refractivity contribution in [3.05, 3.63) is 0 Å². The van der Waals surface area contributed by atoms with E-state index in [1.807, 2.05) is 0 Å². The molecule has 0 aromatic rings. The van der Waals surface area contributed by atoms with E-state index < -0.39 is 30.1 Å². The second kappa shape index (κ2) is 19.5. The van der Waals surface area contributed by atoms with E-state index in [4.69, 9.17) is 5.11 Å². The van der Waals surface area contributed by atoms with Crippen molar-refractivity contribution in [2.45, 2.75) is 136 Å². The topological polar surface area (TPSA) is 89.9 Å². The quantitative estimate of drug-likeness (QED) is 0.163. The third-order valence-corrected chi connectivity index (χ3v) is 5.16. The molecule has 0 saturated heterocycles. The highest BCUT2D eigenvalue weighted by Crippen LogP contribution is 2.14. The van der Waals surface area contributed by atoms with Crippen LogP contribution in [0, 0.1) is 0 Å². The number of aliphatic hydroxyl groups is 1. The minimum absolute atomic E-state index is 0.182. The molecule has 0 aliphatic rings. The molecule has 0 rings (SSSR count). The van der Waals surface area contributed by atoms with Crippen molar-refractivity contribution in [3.63, 3.8) is 0 Å². The van der Waals surface area contributed by atoms with E-state index in [1.165, 1.54) is 90.9 Å². The van der Waals surface area contributed by atoms with Crippen LogP contribution in [0.15, 0.2) is 0 Å². The zero-order chi connectivity index (χ0) is 22.6. The van der Waals surface area contributed by atoms with Gasteiger partial charge >= 0.3 is 17.9 Å². The van der Waals surface area contributed by atoms with Crippen molar-refractivity contribution < 1.29 is 29.0 Å². The van der Waals surface area contributed by atoms with Crippen molar-refractivity contribution in [2.24, 2.45) is 0 Å². The number of unbranched alkanes of at least 4 members (excludes halogenated alkanes) is 14. The molecular formula is C24H44O6. The van der Waals surface area contributed by atoms with Crippen molar-refractivity contribution in [1.82, 2.24) is 0 Å². The van der Waals surface area contributed by atoms with Gasteiger partial charge in [-0.2, -0.15) is 0 Å². The SMILES string of the molecule is CCCCCCCCCCCCCCCCCC(=O)OC(=O)C(C)OC(=O)C(C)O. The van der Waals surface area contributed by atoms with E-state index in [-0.39, 0.29) is 6.42 Å². The van der Waals surface area contributed by atoms with Gasteiger partial charge in [-0.25, -0.2) is 9.59 Å². The van der Waals surface area contributed by atoms with E-state index in [0.29, 0.717) is 6.42 Å². The molecule has 30 heavy (non-hydrogen) atoms. The molecule has 1 N–H and O–H groups in total. The van der Waals surface area contributed by atoms with Crippen LogP contribution in [0.25, 0.3) is 0 Å². The zero-order valence-corrected chi connectivity index (χ0v) is 19.5. The Hall–Kier alpha value is -1.43. The minimum atomic E-state index is -1.32. The maximum Gasteiger partial charge on any atom is 0.354 e. The molecule has 0 bridgehead atoms. The van der Waals surface area contributed by atoms with Crippen molar-refractivity contribution in [3.8, 4) is 0 Å². The highest BCUT2D eigenvalue weighted by atomic mass is 16.6. The number of aliphatic hydroxyl groups excluding tert-OH is 1. The normalized spacial score (nSPS) is 12.9. The lowest BCUT2D eigenvalue weighted by atomic mass is 10.0. The smallest absolute Gasteiger partial charge is 0.354 e. The highest BCUT2D eigenvalue weighted by Gasteiger charge is 2.23. The van der Waals surface area contributed by atoms with Crippen molar-refractivity contribution in [2.75, 3.05) is 0 Å². The molecule has 0 heterocycles. The summed E-state index contributed by atoms with van der Waals surface area (Å²) in [5.74, 6) is -2.43. The van der Waals surface area contributed by atoms with E-state index in [9.17, 15) is 14.4 Å². The predicted octanol–water partition coefficient (Wildman–Crippen LogP) is 5.63. The van der Waals surface area contributed by atoms with Crippen LogP contribution in [-0.4, -0.2) is 35.2 Å². The fourth-order valence-corrected chi connectivity index (χ4v) is 3.21. The van der Waals surface area contributed by atoms with Gasteiger partial charge in [0.25, 0.3) is 0 Å². The summed E-state index contributed by atoms with van der Waals surface area (Å²) in [6.45, 7) is 4.80. The van der Waals surface area contributed by atoms with Crippen LogP contribution in [0.2, 0.25) is 0 Å². The summed E-state index contributed by atoms with van der Waals surface area (Å²) in [5, 5.41) is 9.04. The number of hydrogen-bond acceptors (Lipinski definition) is 6. The molecule has 6 nitrogen and oxygen atoms in total. The van der Waals surface area contributed by atoms with Crippen LogP contribution < -0.4 is 0 Å². The van der Waals surface area contributed by atoms with Crippen molar-refractivity contribution in [1.29, 1.82) is 0 Å². The molecule has 2 unspecified atom stereocenters. The van der Waals surface area contributed by atoms with Crippen LogP contribution in [0.1, 0.15) is 124 Å². The van der Waals surface area contributed by atoms with Gasteiger partial charge in [-0.1, -0.05) is 96.8 Å². The van der Waals surface area contributed by atoms with Crippen LogP contribution in [-0.2, 0) is 23.9 Å². The largest absolute Gasteiger partial charge is 0.449 e. The molecular weight excluding hydrogens is 384 g/mol. The molecule has 0 radical (unpaired) electrons. The fraction of sp³-hybridized carbons (Fsp3) is 0.875. The average molecular weight is 429 g/mol. The first-order valence-corrected chi connectivity index (χ1v) is 12.0. The maximum atomic E-state index is 11.7. The monoisotopic (exact) mass is 428 g/mol. The summed E-state index contributed by atoms with van der Waals surface area (Å²) in [6.07, 6.45) is 16.3. The third kappa shape index (κ3) is 17.4. The summed E-state index contributed by atoms with van der Waals surface area (Å²) >= 11 is 0. The highest BCUT2D eigenvalue weighted by molar-refractivity contribution is 5.89. The number of esters is 3. The van der Waals surface area contributed by atoms with E-state index >= 15 is 0 Å². The van der Waals surface area contributed by atoms with Gasteiger partial charge in [0.2, 0.25) is 0 Å². The van der Waals surface area contributed by atoms with Gasteiger partial charge in [0.05, 0.1) is 0 Å². The fourth-order valence-electron chi connectivity index (χ4n) is 3.21. The van der Waals surface area contributed by atoms with E-state index in [2.05, 4.69) is 16.4 Å². The standard InChI is InChI=1S/C24H44O6/c1-4-5-6-7-8-9-10-11-12-13-14-15-16-17-18-19-22(26)30-24(28)21(3)29-23(27)20(2)25/h20-21,25H,4-19H2,1-3H3. The first-order chi connectivity index (χ1) is 14.4. The van der Waals surface area contributed by atoms with Crippen LogP contribution in [0.5, 0.6) is 0 Å². The predicted molar refractivity (Wildman–Crippen MR) is 118 cm³/mol. The number of ether oxygens (including phenoxy) is 2. The molecule has 0 aliphatic heterocycles.